The molecule has 126 valence electrons. The first-order chi connectivity index (χ1) is 11.6. The number of carbonyl (C=O) groups excluding carboxylic acids is 1. The van der Waals surface area contributed by atoms with Crippen LogP contribution in [-0.4, -0.2) is 35.2 Å². The Hall–Kier alpha value is -2.60. The molecule has 3 rings (SSSR count). The van der Waals surface area contributed by atoms with Crippen LogP contribution >= 0.6 is 0 Å². The lowest BCUT2D eigenvalue weighted by molar-refractivity contribution is 0.0883. The van der Waals surface area contributed by atoms with Crippen molar-refractivity contribution < 1.29 is 19.0 Å². The van der Waals surface area contributed by atoms with Gasteiger partial charge in [0.1, 0.15) is 11.6 Å². The standard InChI is InChI=1S/C18H19FN2O3/c19-13-8-9-17(24-15-6-2-1-3-7-15)16(11-13)20-18(23)21-10-4-5-14(22)12-21/h1-3,6-9,11,14,22H,4-5,10,12H2,(H,20,23). The zero-order valence-electron chi connectivity index (χ0n) is 13.1. The Bertz CT molecular complexity index is 709. The van der Waals surface area contributed by atoms with Crippen LogP contribution in [0.2, 0.25) is 0 Å². The Morgan fingerprint density at radius 3 is 2.79 bits per heavy atom. The third kappa shape index (κ3) is 4.02. The summed E-state index contributed by atoms with van der Waals surface area (Å²) in [6.07, 6.45) is 0.911. The SMILES string of the molecule is O=C(Nc1cc(F)ccc1Oc1ccccc1)N1CCCC(O)C1. The third-order valence-electron chi connectivity index (χ3n) is 3.84. The smallest absolute Gasteiger partial charge is 0.322 e. The van der Waals surface area contributed by atoms with E-state index >= 15 is 0 Å². The van der Waals surface area contributed by atoms with E-state index in [1.807, 2.05) is 18.2 Å². The van der Waals surface area contributed by atoms with Gasteiger partial charge in [0, 0.05) is 19.2 Å². The van der Waals surface area contributed by atoms with Crippen molar-refractivity contribution in [3.8, 4) is 11.5 Å². The molecule has 0 radical (unpaired) electrons. The molecule has 2 aromatic carbocycles. The number of piperidine rings is 1. The van der Waals surface area contributed by atoms with Gasteiger partial charge in [0.05, 0.1) is 11.8 Å². The minimum atomic E-state index is -0.517. The van der Waals surface area contributed by atoms with Crippen molar-refractivity contribution >= 4 is 11.7 Å². The second kappa shape index (κ2) is 7.31. The van der Waals surface area contributed by atoms with Gasteiger partial charge in [-0.1, -0.05) is 18.2 Å². The molecule has 1 heterocycles. The van der Waals surface area contributed by atoms with E-state index in [9.17, 15) is 14.3 Å². The molecule has 0 spiro atoms. The first-order valence-electron chi connectivity index (χ1n) is 7.88. The van der Waals surface area contributed by atoms with Crippen LogP contribution in [0.25, 0.3) is 0 Å². The van der Waals surface area contributed by atoms with E-state index in [0.29, 0.717) is 24.5 Å². The first kappa shape index (κ1) is 16.3. The number of urea groups is 1. The number of carbonyl (C=O) groups is 1. The van der Waals surface area contributed by atoms with Crippen LogP contribution in [-0.2, 0) is 0 Å². The molecule has 1 saturated heterocycles. The fourth-order valence-corrected chi connectivity index (χ4v) is 2.64. The molecule has 5 nitrogen and oxygen atoms in total. The van der Waals surface area contributed by atoms with Crippen LogP contribution in [0.1, 0.15) is 12.8 Å². The Balaban J connectivity index is 1.76. The average molecular weight is 330 g/mol. The first-order valence-corrected chi connectivity index (χ1v) is 7.88. The van der Waals surface area contributed by atoms with Gasteiger partial charge in [-0.2, -0.15) is 0 Å². The number of para-hydroxylation sites is 1. The highest BCUT2D eigenvalue weighted by Gasteiger charge is 2.23. The number of anilines is 1. The molecule has 0 bridgehead atoms. The Labute approximate surface area is 139 Å². The van der Waals surface area contributed by atoms with Gasteiger partial charge < -0.3 is 20.1 Å². The molecule has 0 saturated carbocycles. The zero-order valence-corrected chi connectivity index (χ0v) is 13.1. The summed E-state index contributed by atoms with van der Waals surface area (Å²) in [5, 5.41) is 12.4. The molecule has 6 heteroatoms. The van der Waals surface area contributed by atoms with Gasteiger partial charge >= 0.3 is 6.03 Å². The van der Waals surface area contributed by atoms with E-state index in [0.717, 1.165) is 6.42 Å². The van der Waals surface area contributed by atoms with Crippen LogP contribution in [0.5, 0.6) is 11.5 Å². The maximum absolute atomic E-state index is 13.6. The number of amides is 2. The average Bonchev–Trinajstić information content (AvgIpc) is 2.58. The summed E-state index contributed by atoms with van der Waals surface area (Å²) in [5.74, 6) is 0.478. The van der Waals surface area contributed by atoms with Crippen molar-refractivity contribution in [2.24, 2.45) is 0 Å². The number of hydrogen-bond acceptors (Lipinski definition) is 3. The van der Waals surface area contributed by atoms with Crippen molar-refractivity contribution in [2.75, 3.05) is 18.4 Å². The van der Waals surface area contributed by atoms with Gasteiger partial charge in [-0.3, -0.25) is 0 Å². The summed E-state index contributed by atoms with van der Waals surface area (Å²) in [5.41, 5.74) is 0.254. The number of nitrogens with one attached hydrogen (secondary N) is 1. The molecule has 1 aliphatic rings. The molecular formula is C18H19FN2O3. The molecule has 0 aromatic heterocycles. The van der Waals surface area contributed by atoms with Gasteiger partial charge in [-0.05, 0) is 37.1 Å². The number of ether oxygens (including phenoxy) is 1. The number of hydrogen-bond donors (Lipinski definition) is 2. The highest BCUT2D eigenvalue weighted by atomic mass is 19.1. The number of β-amino-alcohol motifs (C(OH)–C–C–N with tert-alkyl or cyclic N) is 1. The molecular weight excluding hydrogens is 311 g/mol. The van der Waals surface area contributed by atoms with Crippen LogP contribution in [0.15, 0.2) is 48.5 Å². The van der Waals surface area contributed by atoms with E-state index in [4.69, 9.17) is 4.74 Å². The topological polar surface area (TPSA) is 61.8 Å². The second-order valence-electron chi connectivity index (χ2n) is 5.73. The van der Waals surface area contributed by atoms with Crippen LogP contribution in [0, 0.1) is 5.82 Å². The quantitative estimate of drug-likeness (QED) is 0.904. The number of halogens is 1. The van der Waals surface area contributed by atoms with E-state index in [1.54, 1.807) is 12.1 Å². The molecule has 24 heavy (non-hydrogen) atoms. The molecule has 2 N–H and O–H groups in total. The summed E-state index contributed by atoms with van der Waals surface area (Å²) in [6, 6.07) is 12.7. The van der Waals surface area contributed by atoms with Gasteiger partial charge in [-0.25, -0.2) is 9.18 Å². The summed E-state index contributed by atoms with van der Waals surface area (Å²) in [6.45, 7) is 0.836. The van der Waals surface area contributed by atoms with Crippen molar-refractivity contribution in [1.29, 1.82) is 0 Å². The fraction of sp³-hybridized carbons (Fsp3) is 0.278. The van der Waals surface area contributed by atoms with Crippen molar-refractivity contribution in [2.45, 2.75) is 18.9 Å². The van der Waals surface area contributed by atoms with E-state index in [1.165, 1.54) is 23.1 Å². The Morgan fingerprint density at radius 2 is 2.04 bits per heavy atom. The van der Waals surface area contributed by atoms with Crippen molar-refractivity contribution in [3.05, 3.63) is 54.3 Å². The largest absolute Gasteiger partial charge is 0.455 e. The summed E-state index contributed by atoms with van der Waals surface area (Å²) >= 11 is 0. The van der Waals surface area contributed by atoms with Gasteiger partial charge in [-0.15, -0.1) is 0 Å². The molecule has 1 aliphatic heterocycles. The minimum Gasteiger partial charge on any atom is -0.455 e. The highest BCUT2D eigenvalue weighted by Crippen LogP contribution is 2.30. The summed E-state index contributed by atoms with van der Waals surface area (Å²) < 4.78 is 19.3. The number of likely N-dealkylation sites (tertiary alicyclic amines) is 1. The van der Waals surface area contributed by atoms with Crippen molar-refractivity contribution in [3.63, 3.8) is 0 Å². The maximum atomic E-state index is 13.6. The maximum Gasteiger partial charge on any atom is 0.322 e. The molecule has 2 amide bonds. The number of rotatable bonds is 3. The van der Waals surface area contributed by atoms with Gasteiger partial charge in [0.15, 0.2) is 5.75 Å². The Morgan fingerprint density at radius 1 is 1.25 bits per heavy atom. The number of aliphatic hydroxyl groups excluding tert-OH is 1. The van der Waals surface area contributed by atoms with Gasteiger partial charge in [0.25, 0.3) is 0 Å². The predicted molar refractivity (Wildman–Crippen MR) is 88.7 cm³/mol. The number of nitrogens with zero attached hydrogens (tertiary/aromatic N) is 1. The van der Waals surface area contributed by atoms with Crippen molar-refractivity contribution in [1.82, 2.24) is 4.90 Å². The molecule has 1 fully saturated rings. The summed E-state index contributed by atoms with van der Waals surface area (Å²) in [7, 11) is 0. The lowest BCUT2D eigenvalue weighted by Gasteiger charge is -2.30. The van der Waals surface area contributed by atoms with Crippen LogP contribution in [0.4, 0.5) is 14.9 Å². The minimum absolute atomic E-state index is 0.254. The lowest BCUT2D eigenvalue weighted by atomic mass is 10.1. The Kier molecular flexibility index (Phi) is 4.96. The van der Waals surface area contributed by atoms with E-state index in [2.05, 4.69) is 5.32 Å². The molecule has 1 unspecified atom stereocenters. The molecule has 1 atom stereocenters. The third-order valence-corrected chi connectivity index (χ3v) is 3.84. The molecule has 2 aromatic rings. The predicted octanol–water partition coefficient (Wildman–Crippen LogP) is 3.61. The van der Waals surface area contributed by atoms with E-state index < -0.39 is 11.9 Å². The lowest BCUT2D eigenvalue weighted by Crippen LogP contribution is -2.44. The monoisotopic (exact) mass is 330 g/mol. The normalized spacial score (nSPS) is 17.4. The number of aliphatic hydroxyl groups is 1. The summed E-state index contributed by atoms with van der Waals surface area (Å²) in [4.78, 5) is 13.9. The second-order valence-corrected chi connectivity index (χ2v) is 5.73. The van der Waals surface area contributed by atoms with Crippen LogP contribution in [0.3, 0.4) is 0 Å². The fourth-order valence-electron chi connectivity index (χ4n) is 2.64. The van der Waals surface area contributed by atoms with Gasteiger partial charge in [0.2, 0.25) is 0 Å². The highest BCUT2D eigenvalue weighted by molar-refractivity contribution is 5.91. The zero-order chi connectivity index (χ0) is 16.9. The van der Waals surface area contributed by atoms with E-state index in [-0.39, 0.29) is 18.3 Å². The number of benzene rings is 2. The van der Waals surface area contributed by atoms with Crippen LogP contribution < -0.4 is 10.1 Å². The molecule has 0 aliphatic carbocycles.